The number of fused-ring (bicyclic) bond motifs is 3. The van der Waals surface area contributed by atoms with Gasteiger partial charge >= 0.3 is 5.97 Å². The van der Waals surface area contributed by atoms with E-state index in [2.05, 4.69) is 5.32 Å². The van der Waals surface area contributed by atoms with Crippen LogP contribution >= 0.6 is 0 Å². The first-order valence-electron chi connectivity index (χ1n) is 9.96. The molecule has 0 radical (unpaired) electrons. The van der Waals surface area contributed by atoms with Gasteiger partial charge in [0.15, 0.2) is 6.61 Å². The maximum absolute atomic E-state index is 13.3. The molecule has 2 aliphatic heterocycles. The average molecular weight is 401 g/mol. The molecule has 0 unspecified atom stereocenters. The molecule has 0 aliphatic carbocycles. The third kappa shape index (κ3) is 3.36. The molecule has 1 N–H and O–H groups in total. The lowest BCUT2D eigenvalue weighted by molar-refractivity contribution is -0.161. The van der Waals surface area contributed by atoms with Crippen LogP contribution in [0.3, 0.4) is 0 Å². The van der Waals surface area contributed by atoms with Crippen molar-refractivity contribution in [2.75, 3.05) is 11.5 Å². The number of nitrogens with one attached hydrogen (secondary N) is 1. The van der Waals surface area contributed by atoms with Crippen LogP contribution < -0.4 is 10.2 Å². The molecule has 3 rings (SSSR count). The first kappa shape index (κ1) is 20.8. The lowest BCUT2D eigenvalue weighted by Gasteiger charge is -2.50. The molecule has 0 bridgehead atoms. The van der Waals surface area contributed by atoms with Gasteiger partial charge in [-0.2, -0.15) is 0 Å². The van der Waals surface area contributed by atoms with E-state index in [9.17, 15) is 19.2 Å². The van der Waals surface area contributed by atoms with Crippen LogP contribution in [-0.2, 0) is 19.1 Å². The van der Waals surface area contributed by atoms with Crippen molar-refractivity contribution in [3.63, 3.8) is 0 Å². The van der Waals surface area contributed by atoms with Crippen molar-refractivity contribution in [3.8, 4) is 0 Å². The van der Waals surface area contributed by atoms with Crippen LogP contribution in [0.5, 0.6) is 0 Å². The van der Waals surface area contributed by atoms with Gasteiger partial charge in [0.05, 0.1) is 11.3 Å². The van der Waals surface area contributed by atoms with E-state index in [0.29, 0.717) is 11.3 Å². The Morgan fingerprint density at radius 3 is 2.55 bits per heavy atom. The van der Waals surface area contributed by atoms with Crippen molar-refractivity contribution in [2.45, 2.75) is 64.7 Å². The summed E-state index contributed by atoms with van der Waals surface area (Å²) >= 11 is 0. The maximum Gasteiger partial charge on any atom is 0.354 e. The number of rotatable bonds is 6. The predicted octanol–water partition coefficient (Wildman–Crippen LogP) is 1.83. The monoisotopic (exact) mass is 401 g/mol. The van der Waals surface area contributed by atoms with Gasteiger partial charge in [-0.1, -0.05) is 19.1 Å². The number of hydrogen-bond donors (Lipinski definition) is 1. The minimum Gasteiger partial charge on any atom is -0.452 e. The van der Waals surface area contributed by atoms with Crippen molar-refractivity contribution < 1.29 is 23.9 Å². The van der Waals surface area contributed by atoms with Gasteiger partial charge in [-0.05, 0) is 39.3 Å². The van der Waals surface area contributed by atoms with Crippen molar-refractivity contribution >= 4 is 29.4 Å². The molecule has 8 heteroatoms. The SMILES string of the molecule is CC[C@H](C)NC(=O)COC(=O)[C@]12CCC(=O)N1c1ccccc1C(=O)N2C(C)C. The van der Waals surface area contributed by atoms with E-state index >= 15 is 0 Å². The second-order valence-corrected chi connectivity index (χ2v) is 7.78. The Hall–Kier alpha value is -2.90. The molecule has 1 aromatic carbocycles. The van der Waals surface area contributed by atoms with Crippen LogP contribution in [0, 0.1) is 0 Å². The van der Waals surface area contributed by atoms with E-state index in [1.807, 2.05) is 13.8 Å². The molecule has 2 aliphatic rings. The normalized spacial score (nSPS) is 21.7. The summed E-state index contributed by atoms with van der Waals surface area (Å²) in [5.74, 6) is -1.77. The second-order valence-electron chi connectivity index (χ2n) is 7.78. The van der Waals surface area contributed by atoms with Crippen LogP contribution in [0.1, 0.15) is 57.3 Å². The van der Waals surface area contributed by atoms with Gasteiger partial charge in [-0.3, -0.25) is 19.3 Å². The van der Waals surface area contributed by atoms with Crippen molar-refractivity contribution in [3.05, 3.63) is 29.8 Å². The van der Waals surface area contributed by atoms with E-state index in [4.69, 9.17) is 4.74 Å². The van der Waals surface area contributed by atoms with Gasteiger partial charge in [0.25, 0.3) is 11.8 Å². The number of anilines is 1. The van der Waals surface area contributed by atoms with Gasteiger partial charge in [0.2, 0.25) is 11.6 Å². The highest BCUT2D eigenvalue weighted by molar-refractivity contribution is 6.15. The Labute approximate surface area is 170 Å². The molecular weight excluding hydrogens is 374 g/mol. The van der Waals surface area contributed by atoms with E-state index in [0.717, 1.165) is 6.42 Å². The van der Waals surface area contributed by atoms with Crippen LogP contribution in [0.15, 0.2) is 24.3 Å². The number of benzene rings is 1. The number of ether oxygens (including phenoxy) is 1. The Morgan fingerprint density at radius 1 is 1.21 bits per heavy atom. The Morgan fingerprint density at radius 2 is 1.90 bits per heavy atom. The summed E-state index contributed by atoms with van der Waals surface area (Å²) in [6.07, 6.45) is 0.979. The summed E-state index contributed by atoms with van der Waals surface area (Å²) in [5, 5.41) is 2.74. The number of carbonyl (C=O) groups excluding carboxylic acids is 4. The van der Waals surface area contributed by atoms with Crippen LogP contribution in [0.4, 0.5) is 5.69 Å². The molecular formula is C21H27N3O5. The van der Waals surface area contributed by atoms with Crippen LogP contribution in [-0.4, -0.2) is 52.9 Å². The van der Waals surface area contributed by atoms with E-state index in [-0.39, 0.29) is 36.7 Å². The van der Waals surface area contributed by atoms with Crippen molar-refractivity contribution in [1.29, 1.82) is 0 Å². The van der Waals surface area contributed by atoms with Gasteiger partial charge in [0, 0.05) is 24.9 Å². The number of carbonyl (C=O) groups is 4. The molecule has 156 valence electrons. The minimum atomic E-state index is -1.58. The lowest BCUT2D eigenvalue weighted by atomic mass is 9.95. The molecule has 2 heterocycles. The standard InChI is InChI=1S/C21H27N3O5/c1-5-14(4)22-17(25)12-29-20(28)21-11-10-18(26)24(21)16-9-7-6-8-15(16)19(27)23(21)13(2)3/h6-9,13-14H,5,10-12H2,1-4H3,(H,22,25)/t14-,21-/m0/s1. The largest absolute Gasteiger partial charge is 0.452 e. The van der Waals surface area contributed by atoms with E-state index in [1.54, 1.807) is 38.1 Å². The molecule has 8 nitrogen and oxygen atoms in total. The summed E-state index contributed by atoms with van der Waals surface area (Å²) in [7, 11) is 0. The topological polar surface area (TPSA) is 96.0 Å². The summed E-state index contributed by atoms with van der Waals surface area (Å²) < 4.78 is 5.35. The average Bonchev–Trinajstić information content (AvgIpc) is 3.04. The smallest absolute Gasteiger partial charge is 0.354 e. The number of hydrogen-bond acceptors (Lipinski definition) is 5. The summed E-state index contributed by atoms with van der Waals surface area (Å²) in [4.78, 5) is 54.2. The van der Waals surface area contributed by atoms with E-state index in [1.165, 1.54) is 9.80 Å². The predicted molar refractivity (Wildman–Crippen MR) is 106 cm³/mol. The fourth-order valence-corrected chi connectivity index (χ4v) is 4.04. The Bertz CT molecular complexity index is 852. The number of nitrogens with zero attached hydrogens (tertiary/aromatic N) is 2. The third-order valence-electron chi connectivity index (χ3n) is 5.50. The summed E-state index contributed by atoms with van der Waals surface area (Å²) in [6, 6.07) is 6.35. The zero-order chi connectivity index (χ0) is 21.3. The van der Waals surface area contributed by atoms with Crippen molar-refractivity contribution in [1.82, 2.24) is 10.2 Å². The molecule has 0 saturated carbocycles. The maximum atomic E-state index is 13.3. The fraction of sp³-hybridized carbons (Fsp3) is 0.524. The first-order valence-corrected chi connectivity index (χ1v) is 9.96. The zero-order valence-electron chi connectivity index (χ0n) is 17.2. The molecule has 2 atom stereocenters. The van der Waals surface area contributed by atoms with Gasteiger partial charge in [-0.25, -0.2) is 4.79 Å². The molecule has 1 saturated heterocycles. The number of para-hydroxylation sites is 1. The quantitative estimate of drug-likeness (QED) is 0.734. The van der Waals surface area contributed by atoms with Crippen LogP contribution in [0.25, 0.3) is 0 Å². The molecule has 0 spiro atoms. The summed E-state index contributed by atoms with van der Waals surface area (Å²) in [5.41, 5.74) is -0.805. The van der Waals surface area contributed by atoms with Crippen LogP contribution in [0.2, 0.25) is 0 Å². The lowest BCUT2D eigenvalue weighted by Crippen LogP contribution is -2.70. The zero-order valence-corrected chi connectivity index (χ0v) is 17.2. The molecule has 3 amide bonds. The second kappa shape index (κ2) is 7.85. The highest BCUT2D eigenvalue weighted by Gasteiger charge is 2.62. The molecule has 1 fully saturated rings. The van der Waals surface area contributed by atoms with E-state index < -0.39 is 24.1 Å². The highest BCUT2D eigenvalue weighted by Crippen LogP contribution is 2.45. The summed E-state index contributed by atoms with van der Waals surface area (Å²) in [6.45, 7) is 6.90. The van der Waals surface area contributed by atoms with Gasteiger partial charge in [0.1, 0.15) is 0 Å². The fourth-order valence-electron chi connectivity index (χ4n) is 4.04. The first-order chi connectivity index (χ1) is 13.7. The molecule has 1 aromatic rings. The molecule has 0 aromatic heterocycles. The third-order valence-corrected chi connectivity index (χ3v) is 5.50. The van der Waals surface area contributed by atoms with Crippen molar-refractivity contribution in [2.24, 2.45) is 0 Å². The van der Waals surface area contributed by atoms with Gasteiger partial charge in [-0.15, -0.1) is 0 Å². The minimum absolute atomic E-state index is 0.0424. The Balaban J connectivity index is 1.97. The number of esters is 1. The highest BCUT2D eigenvalue weighted by atomic mass is 16.5. The number of amides is 3. The Kier molecular flexibility index (Phi) is 5.64. The molecule has 29 heavy (non-hydrogen) atoms. The van der Waals surface area contributed by atoms with Gasteiger partial charge < -0.3 is 15.0 Å².